The number of hydrogen-bond acceptors (Lipinski definition) is 6. The molecule has 0 saturated carbocycles. The smallest absolute Gasteiger partial charge is 0.313 e. The van der Waals surface area contributed by atoms with Gasteiger partial charge in [0, 0.05) is 24.0 Å². The highest BCUT2D eigenvalue weighted by Crippen LogP contribution is 2.20. The molecule has 0 spiro atoms. The Morgan fingerprint density at radius 1 is 0.743 bits per heavy atom. The number of benzene rings is 2. The van der Waals surface area contributed by atoms with Crippen LogP contribution in [0.15, 0.2) is 54.6 Å². The Bertz CT molecular complexity index is 968. The molecule has 0 radical (unpaired) electrons. The minimum absolute atomic E-state index is 0.0928. The Morgan fingerprint density at radius 2 is 1.37 bits per heavy atom. The number of esters is 2. The van der Waals surface area contributed by atoms with Crippen molar-refractivity contribution < 1.29 is 33.8 Å². The lowest BCUT2D eigenvalue weighted by Crippen LogP contribution is -2.14. The summed E-state index contributed by atoms with van der Waals surface area (Å²) in [5.41, 5.74) is 1.85. The maximum Gasteiger partial charge on any atom is 0.313 e. The monoisotopic (exact) mass is 482 g/mol. The average Bonchev–Trinajstić information content (AvgIpc) is 2.87. The first kappa shape index (κ1) is 27.8. The van der Waals surface area contributed by atoms with Crippen LogP contribution < -0.4 is 0 Å². The van der Waals surface area contributed by atoms with Gasteiger partial charge in [0.1, 0.15) is 0 Å². The zero-order chi connectivity index (χ0) is 25.5. The minimum atomic E-state index is -0.813. The normalized spacial score (nSPS) is 11.5. The first-order valence-electron chi connectivity index (χ1n) is 12.1. The molecule has 0 aliphatic heterocycles. The van der Waals surface area contributed by atoms with Crippen LogP contribution in [0, 0.1) is 0 Å². The number of aliphatic carboxylic acids is 1. The highest BCUT2D eigenvalue weighted by Gasteiger charge is 2.18. The van der Waals surface area contributed by atoms with E-state index in [1.807, 2.05) is 24.3 Å². The zero-order valence-electron chi connectivity index (χ0n) is 20.2. The second-order valence-electron chi connectivity index (χ2n) is 8.45. The van der Waals surface area contributed by atoms with Crippen molar-refractivity contribution in [3.63, 3.8) is 0 Å². The van der Waals surface area contributed by atoms with E-state index in [0.717, 1.165) is 18.4 Å². The molecule has 1 N–H and O–H groups in total. The molecule has 0 fully saturated rings. The van der Waals surface area contributed by atoms with E-state index in [2.05, 4.69) is 0 Å². The Morgan fingerprint density at radius 3 is 2.06 bits per heavy atom. The maximum absolute atomic E-state index is 12.7. The molecule has 35 heavy (non-hydrogen) atoms. The summed E-state index contributed by atoms with van der Waals surface area (Å²) in [5.74, 6) is -2.02. The van der Waals surface area contributed by atoms with Crippen LogP contribution in [0.1, 0.15) is 85.7 Å². The van der Waals surface area contributed by atoms with Gasteiger partial charge in [0.15, 0.2) is 5.78 Å². The number of unbranched alkanes of at least 4 members (excludes halogenated alkanes) is 4. The minimum Gasteiger partial charge on any atom is -0.481 e. The molecule has 7 nitrogen and oxygen atoms in total. The number of carbonyl (C=O) groups is 4. The summed E-state index contributed by atoms with van der Waals surface area (Å²) in [6, 6.07) is 16.1. The number of carboxylic acids is 1. The van der Waals surface area contributed by atoms with E-state index in [4.69, 9.17) is 14.6 Å². The second kappa shape index (κ2) is 15.4. The molecule has 188 valence electrons. The topological polar surface area (TPSA) is 107 Å². The van der Waals surface area contributed by atoms with E-state index in [0.29, 0.717) is 49.8 Å². The standard InChI is InChI=1S/C28H34O7/c1-21(23-14-11-15-24(20-23)27(32)22-12-5-2-6-13-22)28(33)35-19-10-4-8-17-26(31)34-18-9-3-7-16-25(29)30/h2,5-6,11-15,20-21H,3-4,7-10,16-19H2,1H3,(H,29,30)/t21-/m1/s1. The van der Waals surface area contributed by atoms with Crippen LogP contribution >= 0.6 is 0 Å². The van der Waals surface area contributed by atoms with E-state index in [9.17, 15) is 19.2 Å². The summed E-state index contributed by atoms with van der Waals surface area (Å²) < 4.78 is 10.5. The Labute approximate surface area is 206 Å². The van der Waals surface area contributed by atoms with E-state index in [1.165, 1.54) is 0 Å². The Balaban J connectivity index is 1.62. The molecule has 0 bridgehead atoms. The molecular weight excluding hydrogens is 448 g/mol. The van der Waals surface area contributed by atoms with Crippen molar-refractivity contribution in [2.75, 3.05) is 13.2 Å². The summed E-state index contributed by atoms with van der Waals surface area (Å²) in [5, 5.41) is 8.57. The molecule has 2 aromatic carbocycles. The van der Waals surface area contributed by atoms with E-state index in [1.54, 1.807) is 37.3 Å². The zero-order valence-corrected chi connectivity index (χ0v) is 20.2. The summed E-state index contributed by atoms with van der Waals surface area (Å²) >= 11 is 0. The molecule has 2 rings (SSSR count). The maximum atomic E-state index is 12.7. The Kier molecular flexibility index (Phi) is 12.2. The highest BCUT2D eigenvalue weighted by atomic mass is 16.5. The van der Waals surface area contributed by atoms with E-state index < -0.39 is 11.9 Å². The highest BCUT2D eigenvalue weighted by molar-refractivity contribution is 6.09. The summed E-state index contributed by atoms with van der Waals surface area (Å²) in [4.78, 5) is 47.3. The van der Waals surface area contributed by atoms with Crippen LogP contribution in [0.5, 0.6) is 0 Å². The van der Waals surface area contributed by atoms with Crippen molar-refractivity contribution in [1.82, 2.24) is 0 Å². The van der Waals surface area contributed by atoms with Crippen LogP contribution in [-0.4, -0.2) is 42.0 Å². The molecule has 1 atom stereocenters. The van der Waals surface area contributed by atoms with Gasteiger partial charge in [0.2, 0.25) is 0 Å². The lowest BCUT2D eigenvalue weighted by atomic mass is 9.96. The number of hydrogen-bond donors (Lipinski definition) is 1. The van der Waals surface area contributed by atoms with Gasteiger partial charge in [-0.3, -0.25) is 19.2 Å². The van der Waals surface area contributed by atoms with Gasteiger partial charge in [0.05, 0.1) is 19.1 Å². The van der Waals surface area contributed by atoms with Gasteiger partial charge in [-0.1, -0.05) is 48.5 Å². The van der Waals surface area contributed by atoms with Gasteiger partial charge in [-0.2, -0.15) is 0 Å². The van der Waals surface area contributed by atoms with Crippen molar-refractivity contribution in [2.45, 2.75) is 64.2 Å². The molecule has 2 aromatic rings. The van der Waals surface area contributed by atoms with Crippen LogP contribution in [0.3, 0.4) is 0 Å². The van der Waals surface area contributed by atoms with Crippen molar-refractivity contribution in [3.05, 3.63) is 71.3 Å². The van der Waals surface area contributed by atoms with Gasteiger partial charge >= 0.3 is 17.9 Å². The number of rotatable bonds is 16. The molecule has 0 aromatic heterocycles. The van der Waals surface area contributed by atoms with Crippen LogP contribution in [0.25, 0.3) is 0 Å². The largest absolute Gasteiger partial charge is 0.481 e. The van der Waals surface area contributed by atoms with E-state index >= 15 is 0 Å². The van der Waals surface area contributed by atoms with Crippen LogP contribution in [-0.2, 0) is 23.9 Å². The number of ether oxygens (including phenoxy) is 2. The lowest BCUT2D eigenvalue weighted by molar-refractivity contribution is -0.146. The SMILES string of the molecule is C[C@@H](C(=O)OCCCCCC(=O)OCCCCCC(=O)O)c1cccc(C(=O)c2ccccc2)c1. The molecule has 0 unspecified atom stereocenters. The Hall–Kier alpha value is -3.48. The lowest BCUT2D eigenvalue weighted by Gasteiger charge is -2.13. The molecule has 0 aliphatic carbocycles. The van der Waals surface area contributed by atoms with Crippen molar-refractivity contribution in [1.29, 1.82) is 0 Å². The van der Waals surface area contributed by atoms with Gasteiger partial charge in [-0.05, 0) is 57.1 Å². The first-order valence-corrected chi connectivity index (χ1v) is 12.1. The molecule has 0 aliphatic rings. The third-order valence-corrected chi connectivity index (χ3v) is 5.61. The van der Waals surface area contributed by atoms with Crippen LogP contribution in [0.4, 0.5) is 0 Å². The summed E-state index contributed by atoms with van der Waals surface area (Å²) in [7, 11) is 0. The average molecular weight is 483 g/mol. The van der Waals surface area contributed by atoms with Crippen molar-refractivity contribution >= 4 is 23.7 Å². The predicted molar refractivity (Wildman–Crippen MR) is 131 cm³/mol. The third-order valence-electron chi connectivity index (χ3n) is 5.61. The fourth-order valence-corrected chi connectivity index (χ4v) is 3.50. The summed E-state index contributed by atoms with van der Waals surface area (Å²) in [6.45, 7) is 2.34. The van der Waals surface area contributed by atoms with Gasteiger partial charge in [0.25, 0.3) is 0 Å². The van der Waals surface area contributed by atoms with E-state index in [-0.39, 0.29) is 30.7 Å². The molecule has 0 saturated heterocycles. The number of carbonyl (C=O) groups excluding carboxylic acids is 3. The third kappa shape index (κ3) is 10.5. The fourth-order valence-electron chi connectivity index (χ4n) is 3.50. The molecule has 7 heteroatoms. The fraction of sp³-hybridized carbons (Fsp3) is 0.429. The van der Waals surface area contributed by atoms with Gasteiger partial charge < -0.3 is 14.6 Å². The van der Waals surface area contributed by atoms with Crippen molar-refractivity contribution in [2.24, 2.45) is 0 Å². The number of ketones is 1. The molecular formula is C28H34O7. The molecule has 0 heterocycles. The molecule has 0 amide bonds. The van der Waals surface area contributed by atoms with Crippen LogP contribution in [0.2, 0.25) is 0 Å². The predicted octanol–water partition coefficient (Wildman–Crippen LogP) is 5.31. The van der Waals surface area contributed by atoms with Gasteiger partial charge in [-0.25, -0.2) is 0 Å². The van der Waals surface area contributed by atoms with Crippen molar-refractivity contribution in [3.8, 4) is 0 Å². The second-order valence-corrected chi connectivity index (χ2v) is 8.45. The first-order chi connectivity index (χ1) is 16.9. The van der Waals surface area contributed by atoms with Gasteiger partial charge in [-0.15, -0.1) is 0 Å². The summed E-state index contributed by atoms with van der Waals surface area (Å²) in [6.07, 6.45) is 4.44. The quantitative estimate of drug-likeness (QED) is 0.196. The number of carboxylic acid groups (broad SMARTS) is 1.